The number of fused-ring (bicyclic) bond motifs is 6. The maximum atomic E-state index is 8.18. The molecule has 0 saturated carbocycles. The minimum atomic E-state index is -0.672. The van der Waals surface area contributed by atoms with Crippen molar-refractivity contribution in [2.75, 3.05) is 0 Å². The zero-order chi connectivity index (χ0) is 39.8. The average molecular weight is 883 g/mol. The van der Waals surface area contributed by atoms with Crippen LogP contribution in [0.1, 0.15) is 75.6 Å². The number of allylic oxidation sites excluding steroid dienone is 2. The minimum Gasteiger partial charge on any atom is -0.109 e. The zero-order valence-corrected chi connectivity index (χ0v) is 38.2. The summed E-state index contributed by atoms with van der Waals surface area (Å²) in [5, 5.41) is 10.1. The topological polar surface area (TPSA) is 0 Å². The molecule has 8 aromatic rings. The van der Waals surface area contributed by atoms with E-state index in [1.165, 1.54) is 98.7 Å². The first kappa shape index (κ1) is 40.2. The average Bonchev–Trinajstić information content (AvgIpc) is 3.66. The van der Waals surface area contributed by atoms with Gasteiger partial charge >= 0.3 is 0 Å². The summed E-state index contributed by atoms with van der Waals surface area (Å²) in [6, 6.07) is 53.6. The standard InChI is InChI=1S/C56H48Cl2.Zr/c1-35(2)27-43-33-51-47(45-19-9-17-41-29-37-13-5-7-15-39(37)31-49(41)45)21-11-23-53(51)55(43,57)25-26-56(58)44(28-36(3)4)34-52-48(22-12-24-54(52)56)46-20-10-18-42-30-38-14-6-8-16-40(38)32-50(42)46;/h5-24,29-36H,25-28H2,1-4H3;. The van der Waals surface area contributed by atoms with Crippen molar-refractivity contribution in [3.05, 3.63) is 179 Å². The normalized spacial score (nSPS) is 18.4. The second-order valence-corrected chi connectivity index (χ2v) is 18.9. The second-order valence-electron chi connectivity index (χ2n) is 17.6. The molecule has 0 heterocycles. The number of rotatable bonds is 9. The fourth-order valence-electron chi connectivity index (χ4n) is 10.2. The summed E-state index contributed by atoms with van der Waals surface area (Å²) in [6.07, 6.45) is 8.16. The zero-order valence-electron chi connectivity index (χ0n) is 34.3. The summed E-state index contributed by atoms with van der Waals surface area (Å²) >= 11 is 16.4. The Morgan fingerprint density at radius 2 is 0.746 bits per heavy atom. The fraction of sp³-hybridized carbons (Fsp3) is 0.214. The first-order valence-corrected chi connectivity index (χ1v) is 21.8. The monoisotopic (exact) mass is 880 g/mol. The molecule has 0 aliphatic heterocycles. The Hall–Kier alpha value is -4.26. The first-order valence-electron chi connectivity index (χ1n) is 21.0. The molecule has 0 radical (unpaired) electrons. The van der Waals surface area contributed by atoms with Gasteiger partial charge in [0.05, 0.1) is 9.75 Å². The summed E-state index contributed by atoms with van der Waals surface area (Å²) < 4.78 is 0. The molecule has 0 amide bonds. The van der Waals surface area contributed by atoms with Gasteiger partial charge in [0.25, 0.3) is 0 Å². The van der Waals surface area contributed by atoms with Crippen molar-refractivity contribution in [3.8, 4) is 22.3 Å². The van der Waals surface area contributed by atoms with Crippen LogP contribution in [0.4, 0.5) is 0 Å². The Kier molecular flexibility index (Phi) is 10.7. The maximum absolute atomic E-state index is 8.18. The number of alkyl halides is 2. The molecule has 2 unspecified atom stereocenters. The molecular weight excluding hydrogens is 835 g/mol. The molecule has 0 aromatic heterocycles. The minimum absolute atomic E-state index is 0. The molecule has 0 fully saturated rings. The van der Waals surface area contributed by atoms with Crippen molar-refractivity contribution in [2.45, 2.75) is 63.1 Å². The van der Waals surface area contributed by atoms with Crippen molar-refractivity contribution in [1.82, 2.24) is 0 Å². The van der Waals surface area contributed by atoms with Crippen molar-refractivity contribution >= 4 is 78.4 Å². The van der Waals surface area contributed by atoms with Crippen LogP contribution in [0.15, 0.2) is 157 Å². The van der Waals surface area contributed by atoms with E-state index in [4.69, 9.17) is 23.2 Å². The molecule has 0 bridgehead atoms. The van der Waals surface area contributed by atoms with Crippen molar-refractivity contribution in [2.24, 2.45) is 11.8 Å². The van der Waals surface area contributed by atoms with E-state index in [9.17, 15) is 0 Å². The molecule has 2 atom stereocenters. The van der Waals surface area contributed by atoms with Gasteiger partial charge in [-0.05, 0) is 161 Å². The molecule has 0 nitrogen and oxygen atoms in total. The number of benzene rings is 8. The largest absolute Gasteiger partial charge is 0.109 e. The van der Waals surface area contributed by atoms with Gasteiger partial charge in [0.15, 0.2) is 0 Å². The van der Waals surface area contributed by atoms with E-state index in [1.807, 2.05) is 0 Å². The van der Waals surface area contributed by atoms with Gasteiger partial charge in [0.1, 0.15) is 0 Å². The Balaban J connectivity index is 0.00000449. The van der Waals surface area contributed by atoms with E-state index >= 15 is 0 Å². The van der Waals surface area contributed by atoms with Crippen LogP contribution >= 0.6 is 23.2 Å². The molecule has 290 valence electrons. The third kappa shape index (κ3) is 6.87. The molecule has 0 spiro atoms. The van der Waals surface area contributed by atoms with Gasteiger partial charge in [-0.2, -0.15) is 0 Å². The Labute approximate surface area is 378 Å². The van der Waals surface area contributed by atoms with Crippen LogP contribution < -0.4 is 0 Å². The van der Waals surface area contributed by atoms with Gasteiger partial charge in [-0.1, -0.05) is 161 Å². The quantitative estimate of drug-likeness (QED) is 0.100. The summed E-state index contributed by atoms with van der Waals surface area (Å²) in [5.74, 6) is 0.917. The maximum Gasteiger partial charge on any atom is 0.0914 e. The van der Waals surface area contributed by atoms with Crippen LogP contribution in [0.2, 0.25) is 0 Å². The fourth-order valence-corrected chi connectivity index (χ4v) is 11.0. The summed E-state index contributed by atoms with van der Waals surface area (Å²) in [4.78, 5) is -1.34. The smallest absolute Gasteiger partial charge is 0.0914 e. The molecule has 2 aliphatic carbocycles. The predicted molar refractivity (Wildman–Crippen MR) is 253 cm³/mol. The molecule has 3 heteroatoms. The Bertz CT molecular complexity index is 2800. The molecule has 0 saturated heterocycles. The Morgan fingerprint density at radius 1 is 0.407 bits per heavy atom. The van der Waals surface area contributed by atoms with Crippen LogP contribution in [0.5, 0.6) is 0 Å². The Morgan fingerprint density at radius 3 is 1.14 bits per heavy atom. The van der Waals surface area contributed by atoms with Gasteiger partial charge in [0.2, 0.25) is 0 Å². The molecule has 0 N–H and O–H groups in total. The van der Waals surface area contributed by atoms with Crippen LogP contribution in [0.25, 0.3) is 77.5 Å². The predicted octanol–water partition coefficient (Wildman–Crippen LogP) is 16.9. The van der Waals surface area contributed by atoms with Crippen LogP contribution in [0, 0.1) is 11.8 Å². The molecule has 59 heavy (non-hydrogen) atoms. The number of hydrogen-bond donors (Lipinski definition) is 0. The van der Waals surface area contributed by atoms with Gasteiger partial charge in [-0.3, -0.25) is 0 Å². The molecule has 10 rings (SSSR count). The van der Waals surface area contributed by atoms with E-state index in [0.717, 1.165) is 25.7 Å². The van der Waals surface area contributed by atoms with Gasteiger partial charge < -0.3 is 0 Å². The van der Waals surface area contributed by atoms with E-state index in [-0.39, 0.29) is 26.2 Å². The van der Waals surface area contributed by atoms with Crippen LogP contribution in [-0.2, 0) is 36.0 Å². The van der Waals surface area contributed by atoms with Crippen molar-refractivity contribution < 1.29 is 26.2 Å². The van der Waals surface area contributed by atoms with Gasteiger partial charge in [-0.15, -0.1) is 23.2 Å². The SMILES string of the molecule is CC(C)CC1=Cc2c(-c3cccc4cc5ccccc5cc34)cccc2C1(Cl)CCC1(Cl)C(CC(C)C)=Cc2c(-c3cccc4cc5ccccc5cc34)cccc21.[Zr]. The van der Waals surface area contributed by atoms with Gasteiger partial charge in [0, 0.05) is 26.2 Å². The summed E-state index contributed by atoms with van der Waals surface area (Å²) in [5.41, 5.74) is 12.4. The molecular formula is C56H48Cl2Zr. The van der Waals surface area contributed by atoms with E-state index in [1.54, 1.807) is 0 Å². The van der Waals surface area contributed by atoms with Crippen LogP contribution in [0.3, 0.4) is 0 Å². The van der Waals surface area contributed by atoms with Gasteiger partial charge in [-0.25, -0.2) is 0 Å². The summed E-state index contributed by atoms with van der Waals surface area (Å²) in [6.45, 7) is 9.20. The van der Waals surface area contributed by atoms with Crippen molar-refractivity contribution in [3.63, 3.8) is 0 Å². The number of halogens is 2. The summed E-state index contributed by atoms with van der Waals surface area (Å²) in [7, 11) is 0. The van der Waals surface area contributed by atoms with E-state index in [2.05, 4.69) is 185 Å². The molecule has 8 aromatic carbocycles. The second kappa shape index (κ2) is 15.6. The van der Waals surface area contributed by atoms with E-state index < -0.39 is 9.75 Å². The molecule has 2 aliphatic rings. The number of hydrogen-bond acceptors (Lipinski definition) is 0. The van der Waals surface area contributed by atoms with Crippen molar-refractivity contribution in [1.29, 1.82) is 0 Å². The third-order valence-electron chi connectivity index (χ3n) is 12.9. The van der Waals surface area contributed by atoms with Crippen LogP contribution in [-0.4, -0.2) is 0 Å². The first-order chi connectivity index (χ1) is 28.1. The third-order valence-corrected chi connectivity index (χ3v) is 14.1. The van der Waals surface area contributed by atoms with E-state index in [0.29, 0.717) is 11.8 Å².